The zero-order valence-corrected chi connectivity index (χ0v) is 10.4. The summed E-state index contributed by atoms with van der Waals surface area (Å²) in [6, 6.07) is 6.14. The van der Waals surface area contributed by atoms with Crippen LogP contribution in [0.25, 0.3) is 11.1 Å². The van der Waals surface area contributed by atoms with Crippen molar-refractivity contribution in [1.82, 2.24) is 4.98 Å². The van der Waals surface area contributed by atoms with E-state index >= 15 is 0 Å². The van der Waals surface area contributed by atoms with Gasteiger partial charge in [0.05, 0.1) is 0 Å². The Balaban J connectivity index is 2.55. The fourth-order valence-electron chi connectivity index (χ4n) is 1.48. The Hall–Kier alpha value is -1.78. The Kier molecular flexibility index (Phi) is 3.41. The molecule has 0 aliphatic carbocycles. The van der Waals surface area contributed by atoms with Crippen LogP contribution in [-0.4, -0.2) is 21.2 Å². The van der Waals surface area contributed by atoms with Crippen LogP contribution in [0.3, 0.4) is 0 Å². The highest BCUT2D eigenvalue weighted by atomic mass is 35.5. The third kappa shape index (κ3) is 2.39. The van der Waals surface area contributed by atoms with Gasteiger partial charge in [-0.3, -0.25) is 0 Å². The van der Waals surface area contributed by atoms with Crippen LogP contribution in [0.5, 0.6) is 5.75 Å². The number of rotatable bonds is 2. The summed E-state index contributed by atoms with van der Waals surface area (Å²) in [5.41, 5.74) is 0.658. The quantitative estimate of drug-likeness (QED) is 0.886. The van der Waals surface area contributed by atoms with E-state index in [9.17, 15) is 9.90 Å². The number of aromatic carboxylic acids is 1. The third-order valence-corrected chi connectivity index (χ3v) is 2.87. The molecule has 0 aliphatic rings. The van der Waals surface area contributed by atoms with Gasteiger partial charge in [0, 0.05) is 27.4 Å². The van der Waals surface area contributed by atoms with E-state index in [1.807, 2.05) is 0 Å². The summed E-state index contributed by atoms with van der Waals surface area (Å²) in [4.78, 5) is 14.4. The molecule has 92 valence electrons. The summed E-state index contributed by atoms with van der Waals surface area (Å²) in [7, 11) is 0. The van der Waals surface area contributed by atoms with E-state index in [1.54, 1.807) is 18.2 Å². The highest BCUT2D eigenvalue weighted by molar-refractivity contribution is 6.35. The summed E-state index contributed by atoms with van der Waals surface area (Å²) in [6.07, 6.45) is 1.32. The molecular weight excluding hydrogens is 277 g/mol. The molecule has 0 bridgehead atoms. The second-order valence-electron chi connectivity index (χ2n) is 3.52. The molecule has 18 heavy (non-hydrogen) atoms. The van der Waals surface area contributed by atoms with Gasteiger partial charge in [-0.2, -0.15) is 0 Å². The zero-order chi connectivity index (χ0) is 13.3. The van der Waals surface area contributed by atoms with Gasteiger partial charge in [-0.15, -0.1) is 0 Å². The predicted octanol–water partition coefficient (Wildman–Crippen LogP) is 3.46. The number of aromatic hydroxyl groups is 1. The van der Waals surface area contributed by atoms with Gasteiger partial charge in [0.25, 0.3) is 0 Å². The molecular formula is C12H7Cl2NO3. The molecule has 0 unspecified atom stereocenters. The molecule has 0 radical (unpaired) electrons. The Morgan fingerprint density at radius 2 is 1.94 bits per heavy atom. The standard InChI is InChI=1S/C12H7Cl2NO3/c13-7-1-2-9(14)8(4-7)6-3-10(16)11(12(17)18)15-5-6/h1-5,16H,(H,17,18). The number of pyridine rings is 1. The van der Waals surface area contributed by atoms with Crippen LogP contribution in [0.2, 0.25) is 10.0 Å². The van der Waals surface area contributed by atoms with Crippen molar-refractivity contribution in [2.24, 2.45) is 0 Å². The van der Waals surface area contributed by atoms with E-state index in [1.165, 1.54) is 12.3 Å². The number of carboxylic acids is 1. The lowest BCUT2D eigenvalue weighted by Gasteiger charge is -2.06. The first kappa shape index (κ1) is 12.7. The van der Waals surface area contributed by atoms with Crippen LogP contribution < -0.4 is 0 Å². The van der Waals surface area contributed by atoms with Crippen molar-refractivity contribution < 1.29 is 15.0 Å². The van der Waals surface area contributed by atoms with Crippen molar-refractivity contribution in [3.8, 4) is 16.9 Å². The molecule has 0 spiro atoms. The van der Waals surface area contributed by atoms with E-state index in [0.717, 1.165) is 0 Å². The molecule has 4 nitrogen and oxygen atoms in total. The van der Waals surface area contributed by atoms with Crippen molar-refractivity contribution in [2.75, 3.05) is 0 Å². The topological polar surface area (TPSA) is 70.4 Å². The maximum atomic E-state index is 10.7. The number of benzene rings is 1. The molecule has 1 aromatic carbocycles. The monoisotopic (exact) mass is 283 g/mol. The molecule has 0 fully saturated rings. The van der Waals surface area contributed by atoms with Crippen LogP contribution in [0.4, 0.5) is 0 Å². The summed E-state index contributed by atoms with van der Waals surface area (Å²) in [5, 5.41) is 19.2. The minimum absolute atomic E-state index is 0.406. The van der Waals surface area contributed by atoms with Gasteiger partial charge in [-0.05, 0) is 24.3 Å². The summed E-state index contributed by atoms with van der Waals surface area (Å²) < 4.78 is 0. The van der Waals surface area contributed by atoms with Gasteiger partial charge in [-0.25, -0.2) is 9.78 Å². The Morgan fingerprint density at radius 1 is 1.22 bits per heavy atom. The fraction of sp³-hybridized carbons (Fsp3) is 0. The Labute approximate surface area is 112 Å². The Morgan fingerprint density at radius 3 is 2.56 bits per heavy atom. The Bertz CT molecular complexity index is 629. The maximum Gasteiger partial charge on any atom is 0.358 e. The number of aromatic nitrogens is 1. The molecule has 6 heteroatoms. The molecule has 2 aromatic rings. The number of halogens is 2. The van der Waals surface area contributed by atoms with Gasteiger partial charge in [0.1, 0.15) is 5.75 Å². The van der Waals surface area contributed by atoms with E-state index in [-0.39, 0.29) is 0 Å². The summed E-state index contributed by atoms with van der Waals surface area (Å²) >= 11 is 11.9. The molecule has 1 aromatic heterocycles. The smallest absolute Gasteiger partial charge is 0.358 e. The van der Waals surface area contributed by atoms with Crippen molar-refractivity contribution in [3.05, 3.63) is 46.2 Å². The van der Waals surface area contributed by atoms with Crippen molar-refractivity contribution in [1.29, 1.82) is 0 Å². The SMILES string of the molecule is O=C(O)c1ncc(-c2cc(Cl)ccc2Cl)cc1O. The van der Waals surface area contributed by atoms with Crippen molar-refractivity contribution in [3.63, 3.8) is 0 Å². The number of hydrogen-bond donors (Lipinski definition) is 2. The second-order valence-corrected chi connectivity index (χ2v) is 4.36. The molecule has 1 heterocycles. The third-order valence-electron chi connectivity index (χ3n) is 2.31. The average molecular weight is 284 g/mol. The number of carboxylic acid groups (broad SMARTS) is 1. The van der Waals surface area contributed by atoms with Crippen LogP contribution >= 0.6 is 23.2 Å². The average Bonchev–Trinajstić information content (AvgIpc) is 2.31. The molecule has 0 saturated carbocycles. The molecule has 0 saturated heterocycles. The lowest BCUT2D eigenvalue weighted by Crippen LogP contribution is -2.00. The highest BCUT2D eigenvalue weighted by Crippen LogP contribution is 2.32. The minimum Gasteiger partial charge on any atom is -0.505 e. The molecule has 0 atom stereocenters. The predicted molar refractivity (Wildman–Crippen MR) is 68.3 cm³/mol. The zero-order valence-electron chi connectivity index (χ0n) is 8.89. The molecule has 0 aliphatic heterocycles. The first-order valence-corrected chi connectivity index (χ1v) is 5.62. The fourth-order valence-corrected chi connectivity index (χ4v) is 1.88. The molecule has 0 amide bonds. The van der Waals surface area contributed by atoms with Crippen LogP contribution in [0.1, 0.15) is 10.5 Å². The van der Waals surface area contributed by atoms with E-state index < -0.39 is 17.4 Å². The van der Waals surface area contributed by atoms with Gasteiger partial charge >= 0.3 is 5.97 Å². The van der Waals surface area contributed by atoms with E-state index in [0.29, 0.717) is 21.2 Å². The summed E-state index contributed by atoms with van der Waals surface area (Å²) in [5.74, 6) is -1.72. The largest absolute Gasteiger partial charge is 0.505 e. The van der Waals surface area contributed by atoms with E-state index in [4.69, 9.17) is 28.3 Å². The van der Waals surface area contributed by atoms with Gasteiger partial charge < -0.3 is 10.2 Å². The van der Waals surface area contributed by atoms with Crippen LogP contribution in [-0.2, 0) is 0 Å². The van der Waals surface area contributed by atoms with E-state index in [2.05, 4.69) is 4.98 Å². The number of hydrogen-bond acceptors (Lipinski definition) is 3. The van der Waals surface area contributed by atoms with Gasteiger partial charge in [0.2, 0.25) is 0 Å². The second kappa shape index (κ2) is 4.84. The first-order valence-electron chi connectivity index (χ1n) is 4.87. The summed E-state index contributed by atoms with van der Waals surface area (Å²) in [6.45, 7) is 0. The maximum absolute atomic E-state index is 10.7. The van der Waals surface area contributed by atoms with Gasteiger partial charge in [-0.1, -0.05) is 23.2 Å². The van der Waals surface area contributed by atoms with Crippen LogP contribution in [0.15, 0.2) is 30.5 Å². The van der Waals surface area contributed by atoms with Crippen LogP contribution in [0, 0.1) is 0 Å². The molecule has 2 rings (SSSR count). The normalized spacial score (nSPS) is 10.3. The number of nitrogens with zero attached hydrogens (tertiary/aromatic N) is 1. The van der Waals surface area contributed by atoms with Crippen molar-refractivity contribution >= 4 is 29.2 Å². The highest BCUT2D eigenvalue weighted by Gasteiger charge is 2.13. The lowest BCUT2D eigenvalue weighted by atomic mass is 10.1. The first-order chi connectivity index (χ1) is 8.49. The minimum atomic E-state index is -1.30. The van der Waals surface area contributed by atoms with Crippen molar-refractivity contribution in [2.45, 2.75) is 0 Å². The molecule has 2 N–H and O–H groups in total. The van der Waals surface area contributed by atoms with Gasteiger partial charge in [0.15, 0.2) is 5.69 Å². The lowest BCUT2D eigenvalue weighted by molar-refractivity contribution is 0.0687. The number of carbonyl (C=O) groups is 1.